The highest BCUT2D eigenvalue weighted by Crippen LogP contribution is 2.34. The average Bonchev–Trinajstić information content (AvgIpc) is 3.38. The molecule has 0 aromatic carbocycles. The van der Waals surface area contributed by atoms with Crippen molar-refractivity contribution in [3.8, 4) is 0 Å². The Balaban J connectivity index is 1.60. The molecule has 4 rings (SSSR count). The van der Waals surface area contributed by atoms with Gasteiger partial charge in [-0.25, -0.2) is 4.98 Å². The number of nitrogens with zero attached hydrogens (tertiary/aromatic N) is 2. The number of ketones is 1. The van der Waals surface area contributed by atoms with E-state index in [0.29, 0.717) is 59.7 Å². The van der Waals surface area contributed by atoms with E-state index in [1.54, 1.807) is 12.1 Å². The number of rotatable bonds is 5. The van der Waals surface area contributed by atoms with Crippen molar-refractivity contribution in [2.45, 2.75) is 26.2 Å². The van der Waals surface area contributed by atoms with Gasteiger partial charge in [0.1, 0.15) is 16.3 Å². The number of anilines is 1. The van der Waals surface area contributed by atoms with E-state index in [4.69, 9.17) is 9.47 Å². The third-order valence-corrected chi connectivity index (χ3v) is 5.76. The SMILES string of the molecule is Cc1ccc(C(=O)Nc2nc(C3=CCCO3)c(C(=O)C3CCOCC3)s2)cn1. The van der Waals surface area contributed by atoms with Crippen LogP contribution in [0.3, 0.4) is 0 Å². The lowest BCUT2D eigenvalue weighted by atomic mass is 9.94. The number of hydrogen-bond acceptors (Lipinski definition) is 7. The van der Waals surface area contributed by atoms with Gasteiger partial charge in [0, 0.05) is 37.4 Å². The molecular formula is C20H21N3O4S. The molecule has 8 heteroatoms. The van der Waals surface area contributed by atoms with Gasteiger partial charge in [0.25, 0.3) is 5.91 Å². The lowest BCUT2D eigenvalue weighted by molar-refractivity contribution is 0.0547. The maximum atomic E-state index is 13.1. The minimum atomic E-state index is -0.306. The van der Waals surface area contributed by atoms with Gasteiger partial charge < -0.3 is 9.47 Å². The number of amides is 1. The molecule has 1 fully saturated rings. The van der Waals surface area contributed by atoms with Crippen LogP contribution in [0.1, 0.15) is 50.7 Å². The molecule has 0 radical (unpaired) electrons. The Labute approximate surface area is 166 Å². The zero-order chi connectivity index (χ0) is 19.5. The van der Waals surface area contributed by atoms with Crippen molar-refractivity contribution in [2.75, 3.05) is 25.1 Å². The Morgan fingerprint density at radius 1 is 1.21 bits per heavy atom. The fraction of sp³-hybridized carbons (Fsp3) is 0.400. The van der Waals surface area contributed by atoms with Crippen LogP contribution in [-0.2, 0) is 9.47 Å². The van der Waals surface area contributed by atoms with Crippen molar-refractivity contribution in [1.82, 2.24) is 9.97 Å². The summed E-state index contributed by atoms with van der Waals surface area (Å²) in [5.41, 5.74) is 1.80. The van der Waals surface area contributed by atoms with Crippen LogP contribution in [0.25, 0.3) is 5.76 Å². The monoisotopic (exact) mass is 399 g/mol. The molecule has 0 aliphatic carbocycles. The first-order valence-corrected chi connectivity index (χ1v) is 10.1. The van der Waals surface area contributed by atoms with Gasteiger partial charge in [0.05, 0.1) is 12.2 Å². The normalized spacial score (nSPS) is 17.1. The molecule has 1 N–H and O–H groups in total. The number of nitrogens with one attached hydrogen (secondary N) is 1. The number of ether oxygens (including phenoxy) is 2. The summed E-state index contributed by atoms with van der Waals surface area (Å²) < 4.78 is 11.0. The number of aryl methyl sites for hydroxylation is 1. The molecular weight excluding hydrogens is 378 g/mol. The standard InChI is InChI=1S/C20H21N3O4S/c1-12-4-5-14(11-21-12)19(25)23-20-22-16(15-3-2-8-27-15)18(28-20)17(24)13-6-9-26-10-7-13/h3-5,11,13H,2,6-10H2,1H3,(H,22,23,25). The Kier molecular flexibility index (Phi) is 5.50. The molecule has 0 spiro atoms. The molecule has 4 heterocycles. The fourth-order valence-electron chi connectivity index (χ4n) is 3.21. The summed E-state index contributed by atoms with van der Waals surface area (Å²) in [6.45, 7) is 3.62. The highest BCUT2D eigenvalue weighted by Gasteiger charge is 2.30. The van der Waals surface area contributed by atoms with Gasteiger partial charge in [-0.1, -0.05) is 11.3 Å². The minimum Gasteiger partial charge on any atom is -0.491 e. The van der Waals surface area contributed by atoms with Gasteiger partial charge in [-0.15, -0.1) is 0 Å². The molecule has 0 atom stereocenters. The maximum Gasteiger partial charge on any atom is 0.259 e. The van der Waals surface area contributed by atoms with Crippen molar-refractivity contribution >= 4 is 33.9 Å². The molecule has 146 valence electrons. The van der Waals surface area contributed by atoms with E-state index in [0.717, 1.165) is 12.1 Å². The second kappa shape index (κ2) is 8.20. The van der Waals surface area contributed by atoms with Crippen LogP contribution in [0.5, 0.6) is 0 Å². The van der Waals surface area contributed by atoms with E-state index in [1.807, 2.05) is 13.0 Å². The van der Waals surface area contributed by atoms with E-state index < -0.39 is 0 Å². The summed E-state index contributed by atoms with van der Waals surface area (Å²) >= 11 is 1.20. The quantitative estimate of drug-likeness (QED) is 0.774. The lowest BCUT2D eigenvalue weighted by Gasteiger charge is -2.20. The first-order chi connectivity index (χ1) is 13.6. The summed E-state index contributed by atoms with van der Waals surface area (Å²) in [7, 11) is 0. The van der Waals surface area contributed by atoms with Crippen LogP contribution in [0.4, 0.5) is 5.13 Å². The van der Waals surface area contributed by atoms with E-state index in [1.165, 1.54) is 17.5 Å². The largest absolute Gasteiger partial charge is 0.491 e. The van der Waals surface area contributed by atoms with Gasteiger partial charge >= 0.3 is 0 Å². The van der Waals surface area contributed by atoms with Crippen molar-refractivity contribution in [3.05, 3.63) is 46.2 Å². The highest BCUT2D eigenvalue weighted by atomic mass is 32.1. The Hall–Kier alpha value is -2.58. The van der Waals surface area contributed by atoms with Gasteiger partial charge in [-0.3, -0.25) is 19.9 Å². The van der Waals surface area contributed by atoms with Crippen LogP contribution >= 0.6 is 11.3 Å². The zero-order valence-corrected chi connectivity index (χ0v) is 16.4. The van der Waals surface area contributed by atoms with Gasteiger partial charge in [0.15, 0.2) is 10.9 Å². The molecule has 2 aromatic heterocycles. The smallest absolute Gasteiger partial charge is 0.259 e. The van der Waals surface area contributed by atoms with E-state index in [2.05, 4.69) is 15.3 Å². The topological polar surface area (TPSA) is 90.4 Å². The fourth-order valence-corrected chi connectivity index (χ4v) is 4.19. The third-order valence-electron chi connectivity index (χ3n) is 4.78. The van der Waals surface area contributed by atoms with Crippen LogP contribution in [0.15, 0.2) is 24.4 Å². The molecule has 0 saturated carbocycles. The van der Waals surface area contributed by atoms with Crippen LogP contribution in [-0.4, -0.2) is 41.5 Å². The molecule has 7 nitrogen and oxygen atoms in total. The number of thiazole rings is 1. The summed E-state index contributed by atoms with van der Waals surface area (Å²) in [4.78, 5) is 34.8. The molecule has 1 amide bonds. The van der Waals surface area contributed by atoms with Gasteiger partial charge in [0.2, 0.25) is 0 Å². The molecule has 2 aliphatic heterocycles. The second-order valence-corrected chi connectivity index (χ2v) is 7.79. The van der Waals surface area contributed by atoms with Crippen LogP contribution < -0.4 is 5.32 Å². The predicted octanol–water partition coefficient (Wildman–Crippen LogP) is 3.47. The molecule has 1 saturated heterocycles. The molecule has 2 aliphatic rings. The number of carbonyl (C=O) groups is 2. The number of aromatic nitrogens is 2. The van der Waals surface area contributed by atoms with Crippen molar-refractivity contribution < 1.29 is 19.1 Å². The second-order valence-electron chi connectivity index (χ2n) is 6.80. The van der Waals surface area contributed by atoms with E-state index in [9.17, 15) is 9.59 Å². The van der Waals surface area contributed by atoms with Crippen molar-refractivity contribution in [2.24, 2.45) is 5.92 Å². The van der Waals surface area contributed by atoms with Crippen LogP contribution in [0, 0.1) is 12.8 Å². The van der Waals surface area contributed by atoms with Gasteiger partial charge in [-0.2, -0.15) is 0 Å². The molecule has 28 heavy (non-hydrogen) atoms. The van der Waals surface area contributed by atoms with E-state index >= 15 is 0 Å². The number of carbonyl (C=O) groups excluding carboxylic acids is 2. The average molecular weight is 399 g/mol. The first-order valence-electron chi connectivity index (χ1n) is 9.32. The van der Waals surface area contributed by atoms with Crippen molar-refractivity contribution in [3.63, 3.8) is 0 Å². The number of pyridine rings is 1. The molecule has 0 bridgehead atoms. The highest BCUT2D eigenvalue weighted by molar-refractivity contribution is 7.18. The Bertz CT molecular complexity index is 914. The molecule has 2 aromatic rings. The summed E-state index contributed by atoms with van der Waals surface area (Å²) in [6.07, 6.45) is 5.65. The predicted molar refractivity (Wildman–Crippen MR) is 105 cm³/mol. The molecule has 0 unspecified atom stereocenters. The van der Waals surface area contributed by atoms with Gasteiger partial charge in [-0.05, 0) is 38.0 Å². The first kappa shape index (κ1) is 18.8. The van der Waals surface area contributed by atoms with E-state index in [-0.39, 0.29) is 17.6 Å². The summed E-state index contributed by atoms with van der Waals surface area (Å²) in [5, 5.41) is 3.17. The van der Waals surface area contributed by atoms with Crippen molar-refractivity contribution in [1.29, 1.82) is 0 Å². The number of Topliss-reactive ketones (excluding diaryl/α,β-unsaturated/α-hetero) is 1. The maximum absolute atomic E-state index is 13.1. The minimum absolute atomic E-state index is 0.0460. The lowest BCUT2D eigenvalue weighted by Crippen LogP contribution is -2.23. The van der Waals surface area contributed by atoms with Crippen LogP contribution in [0.2, 0.25) is 0 Å². The third kappa shape index (κ3) is 3.98. The summed E-state index contributed by atoms with van der Waals surface area (Å²) in [5.74, 6) is 0.271. The zero-order valence-electron chi connectivity index (χ0n) is 15.6. The Morgan fingerprint density at radius 2 is 2.04 bits per heavy atom. The Morgan fingerprint density at radius 3 is 2.71 bits per heavy atom. The number of hydrogen-bond donors (Lipinski definition) is 1. The summed E-state index contributed by atoms with van der Waals surface area (Å²) in [6, 6.07) is 3.49.